The Balaban J connectivity index is 1.65. The average Bonchev–Trinajstić information content (AvgIpc) is 3.08. The van der Waals surface area contributed by atoms with Gasteiger partial charge in [0.1, 0.15) is 11.5 Å². The largest absolute Gasteiger partial charge is 0.376 e. The van der Waals surface area contributed by atoms with Crippen molar-refractivity contribution in [3.05, 3.63) is 47.9 Å². The summed E-state index contributed by atoms with van der Waals surface area (Å²) in [4.78, 5) is 16.2. The number of aromatic nitrogens is 3. The van der Waals surface area contributed by atoms with Crippen LogP contribution in [0.4, 0.5) is 5.82 Å². The number of likely N-dealkylation sites (tertiary alicyclic amines) is 1. The van der Waals surface area contributed by atoms with E-state index in [4.69, 9.17) is 9.97 Å². The van der Waals surface area contributed by atoms with E-state index in [1.165, 1.54) is 17.0 Å². The molecule has 1 saturated heterocycles. The van der Waals surface area contributed by atoms with E-state index in [0.29, 0.717) is 6.04 Å². The molecule has 1 unspecified atom stereocenters. The summed E-state index contributed by atoms with van der Waals surface area (Å²) >= 11 is 0. The Morgan fingerprint density at radius 3 is 2.92 bits per heavy atom. The Labute approximate surface area is 142 Å². The number of anilines is 1. The Kier molecular flexibility index (Phi) is 3.92. The van der Waals surface area contributed by atoms with Crippen LogP contribution in [0.1, 0.15) is 30.5 Å². The minimum atomic E-state index is 0.400. The number of likely N-dealkylation sites (N-methyl/N-ethyl adjacent to an activating group) is 1. The molecule has 0 bridgehead atoms. The average molecular weight is 321 g/mol. The summed E-state index contributed by atoms with van der Waals surface area (Å²) in [6.45, 7) is 5.08. The van der Waals surface area contributed by atoms with Crippen molar-refractivity contribution in [3.63, 3.8) is 0 Å². The summed E-state index contributed by atoms with van der Waals surface area (Å²) in [5.74, 6) is 1.73. The lowest BCUT2D eigenvalue weighted by molar-refractivity contribution is 0.326. The number of aryl methyl sites for hydroxylation is 1. The third-order valence-electron chi connectivity index (χ3n) is 4.98. The molecule has 0 radical (unpaired) electrons. The minimum Gasteiger partial charge on any atom is -0.376 e. The Morgan fingerprint density at radius 2 is 2.12 bits per heavy atom. The number of fused-ring (bicyclic) bond motifs is 1. The number of allylic oxidation sites excluding steroid dienone is 1. The highest BCUT2D eigenvalue weighted by atomic mass is 15.2. The van der Waals surface area contributed by atoms with E-state index >= 15 is 0 Å². The standard InChI is InChI=1S/C19H23N5/c1-13-9-10-14(12-24(13)2)21-18-15-6-5-8-16(15)22-19(23-18)17-7-3-4-11-20-17/h3-4,7,11,14H,1,5-6,8-10,12H2,2H3,(H,21,22,23). The molecule has 5 nitrogen and oxygen atoms in total. The van der Waals surface area contributed by atoms with Gasteiger partial charge in [0.25, 0.3) is 0 Å². The Hall–Kier alpha value is -2.43. The topological polar surface area (TPSA) is 53.9 Å². The van der Waals surface area contributed by atoms with Crippen molar-refractivity contribution in [3.8, 4) is 11.5 Å². The van der Waals surface area contributed by atoms with Gasteiger partial charge in [-0.3, -0.25) is 4.98 Å². The highest BCUT2D eigenvalue weighted by molar-refractivity contribution is 5.58. The third-order valence-corrected chi connectivity index (χ3v) is 4.98. The van der Waals surface area contributed by atoms with Crippen molar-refractivity contribution in [1.29, 1.82) is 0 Å². The molecule has 1 N–H and O–H groups in total. The van der Waals surface area contributed by atoms with E-state index in [1.807, 2.05) is 18.2 Å². The number of nitrogens with one attached hydrogen (secondary N) is 1. The molecule has 1 atom stereocenters. The highest BCUT2D eigenvalue weighted by Gasteiger charge is 2.24. The van der Waals surface area contributed by atoms with Gasteiger partial charge in [0, 0.05) is 42.8 Å². The molecule has 1 fully saturated rings. The lowest BCUT2D eigenvalue weighted by Gasteiger charge is -2.34. The monoisotopic (exact) mass is 321 g/mol. The van der Waals surface area contributed by atoms with Gasteiger partial charge in [0.05, 0.1) is 0 Å². The van der Waals surface area contributed by atoms with Gasteiger partial charge in [0.2, 0.25) is 0 Å². The van der Waals surface area contributed by atoms with E-state index in [9.17, 15) is 0 Å². The minimum absolute atomic E-state index is 0.400. The predicted molar refractivity (Wildman–Crippen MR) is 95.7 cm³/mol. The fourth-order valence-corrected chi connectivity index (χ4v) is 3.56. The fourth-order valence-electron chi connectivity index (χ4n) is 3.56. The van der Waals surface area contributed by atoms with Gasteiger partial charge in [-0.1, -0.05) is 12.6 Å². The van der Waals surface area contributed by atoms with Crippen LogP contribution < -0.4 is 5.32 Å². The molecule has 124 valence electrons. The quantitative estimate of drug-likeness (QED) is 0.941. The number of hydrogen-bond donors (Lipinski definition) is 1. The van der Waals surface area contributed by atoms with Gasteiger partial charge in [0.15, 0.2) is 5.82 Å². The zero-order chi connectivity index (χ0) is 16.5. The van der Waals surface area contributed by atoms with Gasteiger partial charge in [-0.2, -0.15) is 0 Å². The molecular formula is C19H23N5. The van der Waals surface area contributed by atoms with E-state index in [-0.39, 0.29) is 0 Å². The van der Waals surface area contributed by atoms with Crippen LogP contribution in [0.25, 0.3) is 11.5 Å². The van der Waals surface area contributed by atoms with Gasteiger partial charge >= 0.3 is 0 Å². The first-order valence-corrected chi connectivity index (χ1v) is 8.67. The Bertz CT molecular complexity index is 756. The molecule has 4 rings (SSSR count). The molecule has 1 aliphatic carbocycles. The molecule has 0 saturated carbocycles. The van der Waals surface area contributed by atoms with Crippen molar-refractivity contribution >= 4 is 5.82 Å². The number of pyridine rings is 1. The van der Waals surface area contributed by atoms with Crippen molar-refractivity contribution in [2.45, 2.75) is 38.1 Å². The second-order valence-corrected chi connectivity index (χ2v) is 6.72. The first-order chi connectivity index (χ1) is 11.7. The molecule has 0 spiro atoms. The maximum atomic E-state index is 4.83. The predicted octanol–water partition coefficient (Wildman–Crippen LogP) is 3.05. The van der Waals surface area contributed by atoms with Crippen molar-refractivity contribution in [1.82, 2.24) is 19.9 Å². The van der Waals surface area contributed by atoms with Crippen LogP contribution in [0.2, 0.25) is 0 Å². The zero-order valence-corrected chi connectivity index (χ0v) is 14.1. The summed E-state index contributed by atoms with van der Waals surface area (Å²) in [6.07, 6.45) is 7.19. The first kappa shape index (κ1) is 15.1. The summed E-state index contributed by atoms with van der Waals surface area (Å²) in [5.41, 5.74) is 4.53. The zero-order valence-electron chi connectivity index (χ0n) is 14.1. The number of piperidine rings is 1. The number of hydrogen-bond acceptors (Lipinski definition) is 5. The van der Waals surface area contributed by atoms with Crippen LogP contribution in [0.15, 0.2) is 36.7 Å². The van der Waals surface area contributed by atoms with Crippen molar-refractivity contribution in [2.75, 3.05) is 18.9 Å². The van der Waals surface area contributed by atoms with Gasteiger partial charge in [-0.15, -0.1) is 0 Å². The number of rotatable bonds is 3. The molecule has 0 amide bonds. The molecule has 1 aliphatic heterocycles. The van der Waals surface area contributed by atoms with Crippen molar-refractivity contribution in [2.24, 2.45) is 0 Å². The van der Waals surface area contributed by atoms with Gasteiger partial charge in [-0.05, 0) is 44.2 Å². The number of nitrogens with zero attached hydrogens (tertiary/aromatic N) is 4. The van der Waals surface area contributed by atoms with E-state index in [2.05, 4.69) is 28.8 Å². The maximum absolute atomic E-state index is 4.83. The van der Waals surface area contributed by atoms with Gasteiger partial charge in [-0.25, -0.2) is 9.97 Å². The van der Waals surface area contributed by atoms with Gasteiger partial charge < -0.3 is 10.2 Å². The maximum Gasteiger partial charge on any atom is 0.180 e. The summed E-state index contributed by atoms with van der Waals surface area (Å²) in [5, 5.41) is 3.68. The summed E-state index contributed by atoms with van der Waals surface area (Å²) in [7, 11) is 2.11. The lowest BCUT2D eigenvalue weighted by atomic mass is 10.0. The molecule has 3 heterocycles. The van der Waals surface area contributed by atoms with Crippen LogP contribution in [0.5, 0.6) is 0 Å². The molecule has 24 heavy (non-hydrogen) atoms. The van der Waals surface area contributed by atoms with Crippen LogP contribution in [0.3, 0.4) is 0 Å². The lowest BCUT2D eigenvalue weighted by Crippen LogP contribution is -2.38. The third kappa shape index (κ3) is 2.86. The molecular weight excluding hydrogens is 298 g/mol. The highest BCUT2D eigenvalue weighted by Crippen LogP contribution is 2.30. The molecule has 2 aromatic heterocycles. The second kappa shape index (κ2) is 6.23. The van der Waals surface area contributed by atoms with Crippen LogP contribution in [-0.4, -0.2) is 39.5 Å². The van der Waals surface area contributed by atoms with Crippen molar-refractivity contribution < 1.29 is 0 Å². The van der Waals surface area contributed by atoms with E-state index < -0.39 is 0 Å². The van der Waals surface area contributed by atoms with Crippen LogP contribution in [0, 0.1) is 0 Å². The summed E-state index contributed by atoms with van der Waals surface area (Å²) in [6, 6.07) is 6.27. The first-order valence-electron chi connectivity index (χ1n) is 8.67. The van der Waals surface area contributed by atoms with E-state index in [0.717, 1.165) is 56.0 Å². The normalized spacial score (nSPS) is 20.1. The second-order valence-electron chi connectivity index (χ2n) is 6.72. The van der Waals surface area contributed by atoms with Crippen LogP contribution >= 0.6 is 0 Å². The summed E-state index contributed by atoms with van der Waals surface area (Å²) < 4.78 is 0. The van der Waals surface area contributed by atoms with E-state index in [1.54, 1.807) is 6.20 Å². The molecule has 0 aromatic carbocycles. The SMILES string of the molecule is C=C1CCC(Nc2nc(-c3ccccn3)nc3c2CCC3)CN1C. The molecule has 2 aromatic rings. The molecule has 5 heteroatoms. The Morgan fingerprint density at radius 1 is 1.21 bits per heavy atom. The smallest absolute Gasteiger partial charge is 0.180 e. The molecule has 2 aliphatic rings. The van der Waals surface area contributed by atoms with Crippen LogP contribution in [-0.2, 0) is 12.8 Å². The fraction of sp³-hybridized carbons (Fsp3) is 0.421.